The van der Waals surface area contributed by atoms with Gasteiger partial charge in [-0.3, -0.25) is 0 Å². The minimum atomic E-state index is 0.708. The third-order valence-corrected chi connectivity index (χ3v) is 2.35. The van der Waals surface area contributed by atoms with Gasteiger partial charge in [0, 0.05) is 12.7 Å². The van der Waals surface area contributed by atoms with Gasteiger partial charge in [-0.15, -0.1) is 11.3 Å². The molecule has 1 rings (SSSR count). The monoisotopic (exact) mass is 198 g/mol. The minimum absolute atomic E-state index is 0.708. The molecule has 1 aromatic heterocycles. The maximum atomic E-state index is 5.07. The molecule has 0 radical (unpaired) electrons. The second-order valence-corrected chi connectivity index (χ2v) is 3.53. The van der Waals surface area contributed by atoms with E-state index < -0.39 is 0 Å². The van der Waals surface area contributed by atoms with Crippen LogP contribution in [0.15, 0.2) is 17.5 Å². The van der Waals surface area contributed by atoms with Gasteiger partial charge in [-0.05, 0) is 23.5 Å². The van der Waals surface area contributed by atoms with E-state index in [9.17, 15) is 0 Å². The first-order valence-corrected chi connectivity index (χ1v) is 5.64. The van der Waals surface area contributed by atoms with Crippen molar-refractivity contribution in [3.8, 4) is 11.8 Å². The lowest BCUT2D eigenvalue weighted by atomic mass is 10.4. The van der Waals surface area contributed by atoms with Crippen LogP contribution >= 0.6 is 23.4 Å². The Morgan fingerprint density at radius 2 is 2.58 bits per heavy atom. The van der Waals surface area contributed by atoms with Crippen LogP contribution in [-0.2, 0) is 4.18 Å². The van der Waals surface area contributed by atoms with Crippen LogP contribution in [0.3, 0.4) is 0 Å². The van der Waals surface area contributed by atoms with E-state index in [4.69, 9.17) is 4.18 Å². The molecule has 0 bridgehead atoms. The fourth-order valence-corrected chi connectivity index (χ4v) is 1.52. The Morgan fingerprint density at radius 3 is 3.25 bits per heavy atom. The summed E-state index contributed by atoms with van der Waals surface area (Å²) in [6, 6.07) is 4.03. The SMILES string of the molecule is CSOCCC#Cc1cccs1. The van der Waals surface area contributed by atoms with Crippen molar-refractivity contribution in [2.24, 2.45) is 0 Å². The summed E-state index contributed by atoms with van der Waals surface area (Å²) in [7, 11) is 0. The second-order valence-electron chi connectivity index (χ2n) is 2.02. The van der Waals surface area contributed by atoms with Crippen LogP contribution in [0.4, 0.5) is 0 Å². The Bertz CT molecular complexity index is 256. The zero-order chi connectivity index (χ0) is 8.65. The Balaban J connectivity index is 2.21. The smallest absolute Gasteiger partial charge is 0.0768 e. The molecule has 1 nitrogen and oxygen atoms in total. The van der Waals surface area contributed by atoms with Gasteiger partial charge in [0.2, 0.25) is 0 Å². The highest BCUT2D eigenvalue weighted by molar-refractivity contribution is 7.93. The van der Waals surface area contributed by atoms with E-state index >= 15 is 0 Å². The lowest BCUT2D eigenvalue weighted by Gasteiger charge is -1.90. The summed E-state index contributed by atoms with van der Waals surface area (Å²) in [6.45, 7) is 0.708. The van der Waals surface area contributed by atoms with Gasteiger partial charge in [-0.25, -0.2) is 0 Å². The molecule has 0 saturated carbocycles. The third-order valence-electron chi connectivity index (χ3n) is 1.16. The molecule has 1 heterocycles. The van der Waals surface area contributed by atoms with Gasteiger partial charge >= 0.3 is 0 Å². The van der Waals surface area contributed by atoms with Crippen LogP contribution < -0.4 is 0 Å². The summed E-state index contributed by atoms with van der Waals surface area (Å²) < 4.78 is 5.07. The van der Waals surface area contributed by atoms with Gasteiger partial charge in [0.1, 0.15) is 0 Å². The summed E-state index contributed by atoms with van der Waals surface area (Å²) in [5.74, 6) is 6.11. The predicted octanol–water partition coefficient (Wildman–Crippen LogP) is 2.78. The van der Waals surface area contributed by atoms with E-state index in [0.29, 0.717) is 6.61 Å². The molecule has 0 atom stereocenters. The Morgan fingerprint density at radius 1 is 1.67 bits per heavy atom. The normalized spacial score (nSPS) is 9.08. The molecule has 0 fully saturated rings. The van der Waals surface area contributed by atoms with Crippen LogP contribution in [0.25, 0.3) is 0 Å². The molecule has 0 aromatic carbocycles. The molecular formula is C9H10OS2. The van der Waals surface area contributed by atoms with E-state index in [0.717, 1.165) is 11.3 Å². The third kappa shape index (κ3) is 3.82. The van der Waals surface area contributed by atoms with Crippen LogP contribution in [0, 0.1) is 11.8 Å². The van der Waals surface area contributed by atoms with Gasteiger partial charge in [0.15, 0.2) is 0 Å². The molecule has 0 saturated heterocycles. The highest BCUT2D eigenvalue weighted by atomic mass is 32.2. The van der Waals surface area contributed by atoms with Crippen molar-refractivity contribution in [1.82, 2.24) is 0 Å². The number of hydrogen-bond donors (Lipinski definition) is 0. The topological polar surface area (TPSA) is 9.23 Å². The molecule has 0 unspecified atom stereocenters. The summed E-state index contributed by atoms with van der Waals surface area (Å²) >= 11 is 3.05. The van der Waals surface area contributed by atoms with E-state index in [2.05, 4.69) is 11.8 Å². The molecule has 0 aliphatic rings. The maximum Gasteiger partial charge on any atom is 0.0768 e. The standard InChI is InChI=1S/C9H10OS2/c1-11-10-7-3-2-5-9-6-4-8-12-9/h4,6,8H,3,7H2,1H3. The fraction of sp³-hybridized carbons (Fsp3) is 0.333. The first kappa shape index (κ1) is 9.66. The van der Waals surface area contributed by atoms with E-state index in [1.807, 2.05) is 23.8 Å². The van der Waals surface area contributed by atoms with E-state index in [1.165, 1.54) is 12.0 Å². The van der Waals surface area contributed by atoms with Crippen molar-refractivity contribution in [3.05, 3.63) is 22.4 Å². The molecule has 0 spiro atoms. The van der Waals surface area contributed by atoms with Gasteiger partial charge in [-0.1, -0.05) is 17.9 Å². The zero-order valence-electron chi connectivity index (χ0n) is 6.87. The summed E-state index contributed by atoms with van der Waals surface area (Å²) in [5, 5.41) is 2.03. The zero-order valence-corrected chi connectivity index (χ0v) is 8.50. The Hall–Kier alpha value is -0.430. The molecular weight excluding hydrogens is 188 g/mol. The first-order chi connectivity index (χ1) is 5.93. The molecule has 0 amide bonds. The fourth-order valence-electron chi connectivity index (χ4n) is 0.675. The molecule has 3 heteroatoms. The Labute approximate surface area is 81.3 Å². The van der Waals surface area contributed by atoms with Crippen LogP contribution in [0.2, 0.25) is 0 Å². The summed E-state index contributed by atoms with van der Waals surface area (Å²) in [6.07, 6.45) is 2.71. The lowest BCUT2D eigenvalue weighted by molar-refractivity contribution is 0.388. The van der Waals surface area contributed by atoms with Crippen molar-refractivity contribution in [2.45, 2.75) is 6.42 Å². The highest BCUT2D eigenvalue weighted by Gasteiger charge is 1.84. The van der Waals surface area contributed by atoms with E-state index in [1.54, 1.807) is 11.3 Å². The number of hydrogen-bond acceptors (Lipinski definition) is 3. The van der Waals surface area contributed by atoms with E-state index in [-0.39, 0.29) is 0 Å². The lowest BCUT2D eigenvalue weighted by Crippen LogP contribution is -1.81. The predicted molar refractivity (Wildman–Crippen MR) is 55.3 cm³/mol. The summed E-state index contributed by atoms with van der Waals surface area (Å²) in [5.41, 5.74) is 0. The molecule has 0 aliphatic heterocycles. The van der Waals surface area contributed by atoms with Gasteiger partial charge in [0.25, 0.3) is 0 Å². The highest BCUT2D eigenvalue weighted by Crippen LogP contribution is 2.05. The van der Waals surface area contributed by atoms with Crippen molar-refractivity contribution in [3.63, 3.8) is 0 Å². The average molecular weight is 198 g/mol. The molecule has 0 aliphatic carbocycles. The van der Waals surface area contributed by atoms with Gasteiger partial charge < -0.3 is 4.18 Å². The molecule has 1 aromatic rings. The van der Waals surface area contributed by atoms with Crippen molar-refractivity contribution in [1.29, 1.82) is 0 Å². The van der Waals surface area contributed by atoms with Crippen LogP contribution in [0.1, 0.15) is 11.3 Å². The van der Waals surface area contributed by atoms with Crippen molar-refractivity contribution in [2.75, 3.05) is 12.9 Å². The molecule has 0 N–H and O–H groups in total. The van der Waals surface area contributed by atoms with Crippen molar-refractivity contribution >= 4 is 23.4 Å². The quantitative estimate of drug-likeness (QED) is 0.419. The van der Waals surface area contributed by atoms with Crippen molar-refractivity contribution < 1.29 is 4.18 Å². The first-order valence-electron chi connectivity index (χ1n) is 3.61. The van der Waals surface area contributed by atoms with Crippen LogP contribution in [0.5, 0.6) is 0 Å². The Kier molecular flexibility index (Phi) is 4.93. The summed E-state index contributed by atoms with van der Waals surface area (Å²) in [4.78, 5) is 1.12. The van der Waals surface area contributed by atoms with Crippen LogP contribution in [-0.4, -0.2) is 12.9 Å². The number of thiophene rings is 1. The average Bonchev–Trinajstić information content (AvgIpc) is 2.57. The minimum Gasteiger partial charge on any atom is -0.315 e. The molecule has 64 valence electrons. The largest absolute Gasteiger partial charge is 0.315 e. The van der Waals surface area contributed by atoms with Gasteiger partial charge in [-0.2, -0.15) is 0 Å². The maximum absolute atomic E-state index is 5.07. The second kappa shape index (κ2) is 6.13. The number of rotatable bonds is 3. The molecule has 12 heavy (non-hydrogen) atoms. The van der Waals surface area contributed by atoms with Gasteiger partial charge in [0.05, 0.1) is 11.5 Å².